The fourth-order valence-corrected chi connectivity index (χ4v) is 1.84. The minimum Gasteiger partial charge on any atom is -0.311 e. The third-order valence-electron chi connectivity index (χ3n) is 2.52. The van der Waals surface area contributed by atoms with E-state index in [0.717, 1.165) is 13.1 Å². The summed E-state index contributed by atoms with van der Waals surface area (Å²) in [7, 11) is 0. The Labute approximate surface area is 61.7 Å². The summed E-state index contributed by atoms with van der Waals surface area (Å²) < 4.78 is 0. The highest BCUT2D eigenvalue weighted by atomic mass is 15.0. The lowest BCUT2D eigenvalue weighted by molar-refractivity contribution is 0.566. The predicted octanol–water partition coefficient (Wildman–Crippen LogP) is 0.268. The van der Waals surface area contributed by atoms with Gasteiger partial charge in [-0.1, -0.05) is 5.57 Å². The van der Waals surface area contributed by atoms with Gasteiger partial charge in [-0.05, 0) is 25.5 Å². The first-order valence-corrected chi connectivity index (χ1v) is 4.00. The van der Waals surface area contributed by atoms with E-state index in [2.05, 4.69) is 17.6 Å². The van der Waals surface area contributed by atoms with Gasteiger partial charge in [0.1, 0.15) is 0 Å². The van der Waals surface area contributed by atoms with Crippen molar-refractivity contribution in [1.29, 1.82) is 0 Å². The number of hydrogen-bond donors (Lipinski definition) is 2. The molecule has 0 aromatic rings. The molecule has 2 rings (SSSR count). The Bertz CT molecular complexity index is 172. The quantitative estimate of drug-likeness (QED) is 0.469. The van der Waals surface area contributed by atoms with Gasteiger partial charge in [0, 0.05) is 19.1 Å². The van der Waals surface area contributed by atoms with Crippen LogP contribution in [0.3, 0.4) is 0 Å². The van der Waals surface area contributed by atoms with Gasteiger partial charge in [-0.25, -0.2) is 0 Å². The summed E-state index contributed by atoms with van der Waals surface area (Å²) in [5.74, 6) is 0. The maximum atomic E-state index is 3.49. The van der Waals surface area contributed by atoms with Crippen molar-refractivity contribution in [3.8, 4) is 0 Å². The number of hydrogen-bond acceptors (Lipinski definition) is 2. The molecule has 0 aromatic carbocycles. The Balaban J connectivity index is 2.25. The maximum Gasteiger partial charge on any atom is 0.0421 e. The van der Waals surface area contributed by atoms with Crippen molar-refractivity contribution in [2.75, 3.05) is 19.6 Å². The van der Waals surface area contributed by atoms with Crippen molar-refractivity contribution in [2.24, 2.45) is 0 Å². The maximum absolute atomic E-state index is 3.49. The molecule has 2 heteroatoms. The SMILES string of the molecule is CC1=C2CNC[C@@H]2NCC1. The Kier molecular flexibility index (Phi) is 1.51. The molecule has 2 aliphatic heterocycles. The molecule has 0 aliphatic carbocycles. The number of nitrogens with one attached hydrogen (secondary N) is 2. The highest BCUT2D eigenvalue weighted by molar-refractivity contribution is 5.26. The molecular formula is C8H14N2. The van der Waals surface area contributed by atoms with Crippen LogP contribution in [0.5, 0.6) is 0 Å². The van der Waals surface area contributed by atoms with Crippen LogP contribution in [-0.2, 0) is 0 Å². The Morgan fingerprint density at radius 2 is 2.40 bits per heavy atom. The van der Waals surface area contributed by atoms with Gasteiger partial charge in [0.15, 0.2) is 0 Å². The van der Waals surface area contributed by atoms with Crippen molar-refractivity contribution in [2.45, 2.75) is 19.4 Å². The molecule has 10 heavy (non-hydrogen) atoms. The summed E-state index contributed by atoms with van der Waals surface area (Å²) in [6.07, 6.45) is 1.24. The Morgan fingerprint density at radius 1 is 1.50 bits per heavy atom. The third-order valence-corrected chi connectivity index (χ3v) is 2.52. The topological polar surface area (TPSA) is 24.1 Å². The molecule has 56 valence electrons. The van der Waals surface area contributed by atoms with E-state index >= 15 is 0 Å². The number of rotatable bonds is 0. The van der Waals surface area contributed by atoms with Crippen LogP contribution in [0.25, 0.3) is 0 Å². The molecule has 2 aliphatic rings. The smallest absolute Gasteiger partial charge is 0.0421 e. The minimum absolute atomic E-state index is 0.661. The Morgan fingerprint density at radius 3 is 3.20 bits per heavy atom. The molecule has 0 bridgehead atoms. The second-order valence-electron chi connectivity index (χ2n) is 3.19. The van der Waals surface area contributed by atoms with Gasteiger partial charge in [-0.2, -0.15) is 0 Å². The first kappa shape index (κ1) is 6.38. The highest BCUT2D eigenvalue weighted by Gasteiger charge is 2.24. The molecule has 0 unspecified atom stereocenters. The standard InChI is InChI=1S/C8H14N2/c1-6-2-3-10-8-5-9-4-7(6)8/h8-10H,2-5H2,1H3/t8-/m0/s1. The zero-order chi connectivity index (χ0) is 6.97. The monoisotopic (exact) mass is 138 g/mol. The summed E-state index contributed by atoms with van der Waals surface area (Å²) in [6.45, 7) is 5.67. The molecule has 0 radical (unpaired) electrons. The third kappa shape index (κ3) is 0.879. The van der Waals surface area contributed by atoms with Gasteiger partial charge < -0.3 is 10.6 Å². The zero-order valence-corrected chi connectivity index (χ0v) is 6.41. The summed E-state index contributed by atoms with van der Waals surface area (Å²) in [6, 6.07) is 0.661. The highest BCUT2D eigenvalue weighted by Crippen LogP contribution is 2.19. The summed E-state index contributed by atoms with van der Waals surface area (Å²) in [5, 5.41) is 6.87. The van der Waals surface area contributed by atoms with Crippen molar-refractivity contribution < 1.29 is 0 Å². The van der Waals surface area contributed by atoms with Crippen LogP contribution < -0.4 is 10.6 Å². The van der Waals surface area contributed by atoms with E-state index in [0.29, 0.717) is 6.04 Å². The summed E-state index contributed by atoms with van der Waals surface area (Å²) in [4.78, 5) is 0. The fraction of sp³-hybridized carbons (Fsp3) is 0.750. The van der Waals surface area contributed by atoms with Gasteiger partial charge in [0.05, 0.1) is 0 Å². The molecule has 2 heterocycles. The average Bonchev–Trinajstić information content (AvgIpc) is 2.36. The van der Waals surface area contributed by atoms with Crippen molar-refractivity contribution in [1.82, 2.24) is 10.6 Å². The van der Waals surface area contributed by atoms with Crippen LogP contribution in [-0.4, -0.2) is 25.7 Å². The minimum atomic E-state index is 0.661. The summed E-state index contributed by atoms with van der Waals surface area (Å²) in [5.41, 5.74) is 3.22. The van der Waals surface area contributed by atoms with Gasteiger partial charge in [-0.15, -0.1) is 0 Å². The van der Waals surface area contributed by atoms with Crippen LogP contribution in [0.4, 0.5) is 0 Å². The second-order valence-corrected chi connectivity index (χ2v) is 3.19. The van der Waals surface area contributed by atoms with Crippen LogP contribution >= 0.6 is 0 Å². The van der Waals surface area contributed by atoms with E-state index in [1.807, 2.05) is 0 Å². The molecule has 1 atom stereocenters. The molecule has 0 spiro atoms. The first-order valence-electron chi connectivity index (χ1n) is 4.00. The average molecular weight is 138 g/mol. The summed E-state index contributed by atoms with van der Waals surface area (Å²) >= 11 is 0. The predicted molar refractivity (Wildman–Crippen MR) is 42.0 cm³/mol. The van der Waals surface area contributed by atoms with Gasteiger partial charge in [0.2, 0.25) is 0 Å². The van der Waals surface area contributed by atoms with E-state index in [-0.39, 0.29) is 0 Å². The molecule has 0 amide bonds. The first-order chi connectivity index (χ1) is 4.88. The van der Waals surface area contributed by atoms with E-state index in [1.165, 1.54) is 13.0 Å². The molecule has 2 nitrogen and oxygen atoms in total. The van der Waals surface area contributed by atoms with Gasteiger partial charge in [0.25, 0.3) is 0 Å². The van der Waals surface area contributed by atoms with Crippen molar-refractivity contribution in [3.05, 3.63) is 11.1 Å². The van der Waals surface area contributed by atoms with Crippen LogP contribution in [0.1, 0.15) is 13.3 Å². The largest absolute Gasteiger partial charge is 0.311 e. The Hall–Kier alpha value is -0.340. The van der Waals surface area contributed by atoms with Gasteiger partial charge >= 0.3 is 0 Å². The van der Waals surface area contributed by atoms with E-state index < -0.39 is 0 Å². The van der Waals surface area contributed by atoms with E-state index in [4.69, 9.17) is 0 Å². The van der Waals surface area contributed by atoms with Crippen LogP contribution in [0.2, 0.25) is 0 Å². The molecule has 0 aromatic heterocycles. The molecular weight excluding hydrogens is 124 g/mol. The van der Waals surface area contributed by atoms with Crippen molar-refractivity contribution >= 4 is 0 Å². The van der Waals surface area contributed by atoms with Crippen LogP contribution in [0.15, 0.2) is 11.1 Å². The lowest BCUT2D eigenvalue weighted by Gasteiger charge is -2.21. The molecule has 2 N–H and O–H groups in total. The van der Waals surface area contributed by atoms with Gasteiger partial charge in [-0.3, -0.25) is 0 Å². The molecule has 0 saturated carbocycles. The fourth-order valence-electron chi connectivity index (χ4n) is 1.84. The lowest BCUT2D eigenvalue weighted by Crippen LogP contribution is -2.36. The second kappa shape index (κ2) is 2.36. The molecule has 1 fully saturated rings. The van der Waals surface area contributed by atoms with E-state index in [1.54, 1.807) is 11.1 Å². The molecule has 1 saturated heterocycles. The van der Waals surface area contributed by atoms with E-state index in [9.17, 15) is 0 Å². The van der Waals surface area contributed by atoms with Crippen molar-refractivity contribution in [3.63, 3.8) is 0 Å². The normalized spacial score (nSPS) is 32.7. The lowest BCUT2D eigenvalue weighted by atomic mass is 9.98. The number of fused-ring (bicyclic) bond motifs is 1. The van der Waals surface area contributed by atoms with Crippen LogP contribution in [0, 0.1) is 0 Å². The zero-order valence-electron chi connectivity index (χ0n) is 6.41.